The van der Waals surface area contributed by atoms with Crippen LogP contribution in [-0.4, -0.2) is 87.5 Å². The van der Waals surface area contributed by atoms with Gasteiger partial charge in [-0.25, -0.2) is 0 Å². The molecule has 1 saturated heterocycles. The zero-order valence-electron chi connectivity index (χ0n) is 57.1. The summed E-state index contributed by atoms with van der Waals surface area (Å²) in [5.74, 6) is -0.137. The number of aliphatic hydroxyl groups excluding tert-OH is 5. The summed E-state index contributed by atoms with van der Waals surface area (Å²) in [5.41, 5.74) is 0. The van der Waals surface area contributed by atoms with Crippen LogP contribution in [0.15, 0.2) is 36.5 Å². The van der Waals surface area contributed by atoms with Crippen LogP contribution in [0.5, 0.6) is 0 Å². The highest BCUT2D eigenvalue weighted by atomic mass is 16.7. The van der Waals surface area contributed by atoms with Crippen LogP contribution in [-0.2, 0) is 14.3 Å². The van der Waals surface area contributed by atoms with E-state index in [-0.39, 0.29) is 12.5 Å². The topological polar surface area (TPSA) is 149 Å². The number of allylic oxidation sites excluding steroid dienone is 6. The van der Waals surface area contributed by atoms with Crippen LogP contribution in [0, 0.1) is 0 Å². The van der Waals surface area contributed by atoms with Crippen molar-refractivity contribution >= 4 is 5.91 Å². The van der Waals surface area contributed by atoms with Crippen molar-refractivity contribution in [3.63, 3.8) is 0 Å². The van der Waals surface area contributed by atoms with Crippen molar-refractivity contribution in [3.8, 4) is 0 Å². The van der Waals surface area contributed by atoms with Gasteiger partial charge in [0.15, 0.2) is 6.29 Å². The molecule has 0 aromatic carbocycles. The third-order valence-corrected chi connectivity index (χ3v) is 18.5. The molecule has 86 heavy (non-hydrogen) atoms. The summed E-state index contributed by atoms with van der Waals surface area (Å²) in [4.78, 5) is 13.2. The largest absolute Gasteiger partial charge is 0.394 e. The van der Waals surface area contributed by atoms with Crippen LogP contribution in [0.1, 0.15) is 393 Å². The number of amides is 1. The third-order valence-electron chi connectivity index (χ3n) is 18.5. The van der Waals surface area contributed by atoms with Crippen molar-refractivity contribution in [1.82, 2.24) is 5.32 Å². The molecule has 508 valence electrons. The second-order valence-corrected chi connectivity index (χ2v) is 26.8. The fourth-order valence-electron chi connectivity index (χ4n) is 12.5. The van der Waals surface area contributed by atoms with Crippen LogP contribution in [0.3, 0.4) is 0 Å². The SMILES string of the molecule is CCCCCCC/C=C\C/C=C\C/C=C\CCCCCCCCCCCCCCCCCCC(=O)NC(COC1OC(CO)C(O)C(O)C1O)C(O)CCCCCCCCCCCCCCCCCCCCCCCCCCCCCCCCCC. The second kappa shape index (κ2) is 66.3. The zero-order valence-corrected chi connectivity index (χ0v) is 57.1. The Balaban J connectivity index is 2.07. The molecule has 0 spiro atoms. The normalized spacial score (nSPS) is 18.2. The number of hydrogen-bond acceptors (Lipinski definition) is 8. The summed E-state index contributed by atoms with van der Waals surface area (Å²) in [6.45, 7) is 3.89. The molecule has 9 heteroatoms. The van der Waals surface area contributed by atoms with E-state index in [9.17, 15) is 30.3 Å². The Bertz CT molecular complexity index is 1450. The molecule has 0 saturated carbocycles. The van der Waals surface area contributed by atoms with E-state index in [0.29, 0.717) is 12.8 Å². The van der Waals surface area contributed by atoms with Gasteiger partial charge in [-0.2, -0.15) is 0 Å². The van der Waals surface area contributed by atoms with Gasteiger partial charge >= 0.3 is 0 Å². The first-order valence-electron chi connectivity index (χ1n) is 38.2. The standard InChI is InChI=1S/C77H147NO8/c1-3-5-7-9-11-13-15-17-19-21-23-25-27-29-31-33-35-37-38-40-42-44-46-48-50-52-54-56-58-60-62-64-66-71(80)70(69-85-77-76(84)75(83)74(82)72(68-79)86-77)78-73(81)67-65-63-61-59-57-55-53-51-49-47-45-43-41-39-36-34-32-30-28-26-24-22-20-18-16-14-12-10-8-6-4-2/h16,18,22,24,28,30,70-72,74-77,79-80,82-84H,3-15,17,19-21,23,25-27,29,31-69H2,1-2H3,(H,78,81)/b18-16-,24-22-,30-28-. The van der Waals surface area contributed by atoms with Gasteiger partial charge in [-0.15, -0.1) is 0 Å². The van der Waals surface area contributed by atoms with Gasteiger partial charge in [-0.1, -0.05) is 371 Å². The lowest BCUT2D eigenvalue weighted by Gasteiger charge is -2.40. The third kappa shape index (κ3) is 54.2. The van der Waals surface area contributed by atoms with Crippen molar-refractivity contribution in [1.29, 1.82) is 0 Å². The molecule has 0 radical (unpaired) electrons. The molecule has 0 aromatic heterocycles. The average Bonchev–Trinajstić information content (AvgIpc) is 3.59. The molecular weight excluding hydrogens is 1070 g/mol. The summed E-state index contributed by atoms with van der Waals surface area (Å²) in [7, 11) is 0. The van der Waals surface area contributed by atoms with E-state index in [4.69, 9.17) is 9.47 Å². The van der Waals surface area contributed by atoms with Gasteiger partial charge in [-0.05, 0) is 51.4 Å². The fourth-order valence-corrected chi connectivity index (χ4v) is 12.5. The van der Waals surface area contributed by atoms with E-state index in [1.807, 2.05) is 0 Å². The Morgan fingerprint density at radius 1 is 0.395 bits per heavy atom. The highest BCUT2D eigenvalue weighted by molar-refractivity contribution is 5.76. The number of carbonyl (C=O) groups excluding carboxylic acids is 1. The van der Waals surface area contributed by atoms with E-state index in [1.54, 1.807) is 0 Å². The summed E-state index contributed by atoms with van der Waals surface area (Å²) >= 11 is 0. The Hall–Kier alpha value is -1.59. The van der Waals surface area contributed by atoms with Crippen molar-refractivity contribution in [2.45, 2.75) is 436 Å². The van der Waals surface area contributed by atoms with Gasteiger partial charge in [0.05, 0.1) is 25.4 Å². The maximum absolute atomic E-state index is 13.2. The van der Waals surface area contributed by atoms with Crippen LogP contribution in [0.25, 0.3) is 0 Å². The smallest absolute Gasteiger partial charge is 0.220 e. The maximum Gasteiger partial charge on any atom is 0.220 e. The molecule has 1 amide bonds. The molecule has 1 aliphatic rings. The monoisotopic (exact) mass is 1210 g/mol. The molecule has 7 atom stereocenters. The molecule has 9 nitrogen and oxygen atoms in total. The van der Waals surface area contributed by atoms with Crippen LogP contribution < -0.4 is 5.32 Å². The second-order valence-electron chi connectivity index (χ2n) is 26.8. The highest BCUT2D eigenvalue weighted by Crippen LogP contribution is 2.24. The summed E-state index contributed by atoms with van der Waals surface area (Å²) < 4.78 is 11.4. The first-order chi connectivity index (χ1) is 42.3. The summed E-state index contributed by atoms with van der Waals surface area (Å²) in [5, 5.41) is 55.1. The van der Waals surface area contributed by atoms with E-state index in [2.05, 4.69) is 55.6 Å². The van der Waals surface area contributed by atoms with Crippen molar-refractivity contribution in [2.75, 3.05) is 13.2 Å². The van der Waals surface area contributed by atoms with Gasteiger partial charge < -0.3 is 40.3 Å². The number of hydrogen-bond donors (Lipinski definition) is 6. The van der Waals surface area contributed by atoms with Gasteiger partial charge in [0, 0.05) is 6.42 Å². The van der Waals surface area contributed by atoms with Crippen LogP contribution in [0.4, 0.5) is 0 Å². The minimum absolute atomic E-state index is 0.134. The number of aliphatic hydroxyl groups is 5. The van der Waals surface area contributed by atoms with Crippen LogP contribution in [0.2, 0.25) is 0 Å². The van der Waals surface area contributed by atoms with Crippen molar-refractivity contribution in [3.05, 3.63) is 36.5 Å². The maximum atomic E-state index is 13.2. The van der Waals surface area contributed by atoms with Crippen molar-refractivity contribution < 1.29 is 39.8 Å². The number of ether oxygens (including phenoxy) is 2. The molecule has 7 unspecified atom stereocenters. The Labute approximate surface area is 533 Å². The van der Waals surface area contributed by atoms with E-state index < -0.39 is 49.5 Å². The molecule has 0 bridgehead atoms. The Kier molecular flexibility index (Phi) is 63.6. The number of unbranched alkanes of at least 4 members (excludes halogenated alkanes) is 52. The minimum Gasteiger partial charge on any atom is -0.394 e. The first-order valence-corrected chi connectivity index (χ1v) is 38.2. The van der Waals surface area contributed by atoms with Gasteiger partial charge in [-0.3, -0.25) is 4.79 Å². The molecular formula is C77H147NO8. The number of rotatable bonds is 68. The molecule has 1 fully saturated rings. The molecule has 1 aliphatic heterocycles. The molecule has 1 heterocycles. The van der Waals surface area contributed by atoms with Crippen LogP contribution >= 0.6 is 0 Å². The quantitative estimate of drug-likeness (QED) is 0.0261. The predicted molar refractivity (Wildman–Crippen MR) is 369 cm³/mol. The Morgan fingerprint density at radius 3 is 1.01 bits per heavy atom. The van der Waals surface area contributed by atoms with E-state index in [1.165, 1.54) is 315 Å². The van der Waals surface area contributed by atoms with Crippen molar-refractivity contribution in [2.24, 2.45) is 0 Å². The zero-order chi connectivity index (χ0) is 62.1. The van der Waals surface area contributed by atoms with E-state index in [0.717, 1.165) is 51.4 Å². The lowest BCUT2D eigenvalue weighted by atomic mass is 9.99. The number of nitrogens with one attached hydrogen (secondary N) is 1. The molecule has 0 aliphatic carbocycles. The molecule has 0 aromatic rings. The number of carbonyl (C=O) groups is 1. The molecule has 6 N–H and O–H groups in total. The lowest BCUT2D eigenvalue weighted by Crippen LogP contribution is -2.60. The van der Waals surface area contributed by atoms with E-state index >= 15 is 0 Å². The highest BCUT2D eigenvalue weighted by Gasteiger charge is 2.44. The fraction of sp³-hybridized carbons (Fsp3) is 0.909. The van der Waals surface area contributed by atoms with Gasteiger partial charge in [0.1, 0.15) is 24.4 Å². The Morgan fingerprint density at radius 2 is 0.686 bits per heavy atom. The summed E-state index contributed by atoms with van der Waals surface area (Å²) in [6.07, 6.45) is 82.4. The van der Waals surface area contributed by atoms with Gasteiger partial charge in [0.2, 0.25) is 5.91 Å². The average molecular weight is 1220 g/mol. The van der Waals surface area contributed by atoms with Gasteiger partial charge in [0.25, 0.3) is 0 Å². The first kappa shape index (κ1) is 82.4. The minimum atomic E-state index is -1.55. The lowest BCUT2D eigenvalue weighted by molar-refractivity contribution is -0.302. The predicted octanol–water partition coefficient (Wildman–Crippen LogP) is 21.4. The molecule has 1 rings (SSSR count). The summed E-state index contributed by atoms with van der Waals surface area (Å²) in [6, 6.07) is -0.721.